The van der Waals surface area contributed by atoms with Gasteiger partial charge >= 0.3 is 11.9 Å². The van der Waals surface area contributed by atoms with Gasteiger partial charge in [-0.1, -0.05) is 23.5 Å². The van der Waals surface area contributed by atoms with E-state index in [9.17, 15) is 9.59 Å². The van der Waals surface area contributed by atoms with Crippen molar-refractivity contribution in [2.24, 2.45) is 5.92 Å². The second-order valence-electron chi connectivity index (χ2n) is 6.25. The molecule has 3 saturated heterocycles. The summed E-state index contributed by atoms with van der Waals surface area (Å²) < 4.78 is 7.36. The van der Waals surface area contributed by atoms with Crippen molar-refractivity contribution in [3.05, 3.63) is 36.4 Å². The average molecular weight is 376 g/mol. The Bertz CT molecular complexity index is 762. The molecule has 3 fully saturated rings. The number of carboxylic acid groups (broad SMARTS) is 2. The van der Waals surface area contributed by atoms with E-state index in [0.29, 0.717) is 18.3 Å². The molecule has 2 N–H and O–H groups in total. The van der Waals surface area contributed by atoms with E-state index in [-0.39, 0.29) is 0 Å². The fraction of sp³-hybridized carbons (Fsp3) is 0.389. The Morgan fingerprint density at radius 1 is 1.15 bits per heavy atom. The largest absolute Gasteiger partial charge is 0.478 e. The quantitative estimate of drug-likeness (QED) is 0.791. The van der Waals surface area contributed by atoms with E-state index >= 15 is 0 Å². The zero-order chi connectivity index (χ0) is 18.5. The lowest BCUT2D eigenvalue weighted by atomic mass is 9.86. The molecule has 5 rings (SSSR count). The first-order chi connectivity index (χ1) is 12.5. The molecule has 26 heavy (non-hydrogen) atoms. The number of rotatable bonds is 4. The van der Waals surface area contributed by atoms with Crippen molar-refractivity contribution in [1.29, 1.82) is 0 Å². The van der Waals surface area contributed by atoms with Crippen LogP contribution < -0.4 is 4.74 Å². The molecule has 2 aromatic rings. The summed E-state index contributed by atoms with van der Waals surface area (Å²) >= 11 is 1.67. The first kappa shape index (κ1) is 18.3. The molecule has 0 spiro atoms. The number of hydrogen-bond donors (Lipinski definition) is 2. The minimum atomic E-state index is -1.26. The maximum Gasteiger partial charge on any atom is 0.328 e. The van der Waals surface area contributed by atoms with Gasteiger partial charge in [0.15, 0.2) is 0 Å². The highest BCUT2D eigenvalue weighted by Gasteiger charge is 2.35. The highest BCUT2D eigenvalue weighted by atomic mass is 32.1. The summed E-state index contributed by atoms with van der Waals surface area (Å²) in [5.41, 5.74) is 1.05. The Labute approximate surface area is 154 Å². The van der Waals surface area contributed by atoms with Crippen molar-refractivity contribution in [2.75, 3.05) is 19.6 Å². The van der Waals surface area contributed by atoms with Gasteiger partial charge in [0.05, 0.1) is 10.2 Å². The summed E-state index contributed by atoms with van der Waals surface area (Å²) in [6, 6.07) is 8.24. The van der Waals surface area contributed by atoms with Crippen LogP contribution in [0.15, 0.2) is 36.4 Å². The predicted molar refractivity (Wildman–Crippen MR) is 97.6 cm³/mol. The van der Waals surface area contributed by atoms with E-state index in [1.165, 1.54) is 30.6 Å². The fourth-order valence-corrected chi connectivity index (χ4v) is 4.09. The van der Waals surface area contributed by atoms with Crippen LogP contribution in [0, 0.1) is 5.92 Å². The Kier molecular flexibility index (Phi) is 5.85. The number of benzene rings is 1. The number of aliphatic carboxylic acids is 2. The number of piperidine rings is 3. The number of thiazole rings is 1. The van der Waals surface area contributed by atoms with Crippen LogP contribution in [0.2, 0.25) is 0 Å². The zero-order valence-electron chi connectivity index (χ0n) is 14.1. The summed E-state index contributed by atoms with van der Waals surface area (Å²) in [4.78, 5) is 26.2. The monoisotopic (exact) mass is 376 g/mol. The number of aromatic nitrogens is 1. The number of carbonyl (C=O) groups is 2. The van der Waals surface area contributed by atoms with Crippen molar-refractivity contribution in [3.63, 3.8) is 0 Å². The molecular weight excluding hydrogens is 356 g/mol. The van der Waals surface area contributed by atoms with Crippen molar-refractivity contribution in [2.45, 2.75) is 18.9 Å². The van der Waals surface area contributed by atoms with Crippen molar-refractivity contribution in [3.8, 4) is 5.19 Å². The maximum atomic E-state index is 9.55. The van der Waals surface area contributed by atoms with Crippen molar-refractivity contribution >= 4 is 33.5 Å². The van der Waals surface area contributed by atoms with Crippen LogP contribution in [0.4, 0.5) is 0 Å². The van der Waals surface area contributed by atoms with Gasteiger partial charge in [0.1, 0.15) is 6.10 Å². The smallest absolute Gasteiger partial charge is 0.328 e. The molecule has 1 aromatic heterocycles. The minimum Gasteiger partial charge on any atom is -0.478 e. The molecule has 1 unspecified atom stereocenters. The van der Waals surface area contributed by atoms with Crippen LogP contribution in [-0.4, -0.2) is 57.8 Å². The first-order valence-electron chi connectivity index (χ1n) is 8.40. The van der Waals surface area contributed by atoms with Gasteiger partial charge in [-0.2, -0.15) is 0 Å². The van der Waals surface area contributed by atoms with E-state index in [1.807, 2.05) is 6.07 Å². The SMILES string of the molecule is O=C(O)/C=C/C(=O)O.c1ccc2sc(OC3CN4CCC3CC4)nc2c1. The number of fused-ring (bicyclic) bond motifs is 4. The van der Waals surface area contributed by atoms with Gasteiger partial charge in [-0.15, -0.1) is 0 Å². The molecule has 138 valence electrons. The molecule has 0 aliphatic carbocycles. The number of para-hydroxylation sites is 1. The van der Waals surface area contributed by atoms with Crippen LogP contribution in [0.1, 0.15) is 12.8 Å². The molecule has 0 radical (unpaired) electrons. The minimum absolute atomic E-state index is 0.355. The Balaban J connectivity index is 0.000000211. The summed E-state index contributed by atoms with van der Waals surface area (Å²) in [5, 5.41) is 16.5. The molecule has 1 aromatic carbocycles. The zero-order valence-corrected chi connectivity index (χ0v) is 14.9. The number of ether oxygens (including phenoxy) is 1. The third kappa shape index (κ3) is 4.80. The van der Waals surface area contributed by atoms with Crippen LogP contribution in [0.5, 0.6) is 5.19 Å². The predicted octanol–water partition coefficient (Wildman–Crippen LogP) is 2.48. The molecule has 4 heterocycles. The molecule has 3 aliphatic heterocycles. The highest BCUT2D eigenvalue weighted by Crippen LogP contribution is 2.33. The van der Waals surface area contributed by atoms with Gasteiger partial charge in [0, 0.05) is 18.7 Å². The lowest BCUT2D eigenvalue weighted by molar-refractivity contribution is -0.134. The second-order valence-corrected chi connectivity index (χ2v) is 7.24. The fourth-order valence-electron chi connectivity index (χ4n) is 3.22. The molecule has 0 amide bonds. The van der Waals surface area contributed by atoms with E-state index in [2.05, 4.69) is 28.1 Å². The normalized spacial score (nSPS) is 24.2. The molecule has 1 atom stereocenters. The Morgan fingerprint density at radius 3 is 2.35 bits per heavy atom. The van der Waals surface area contributed by atoms with Crippen LogP contribution in [0.3, 0.4) is 0 Å². The van der Waals surface area contributed by atoms with Crippen molar-refractivity contribution < 1.29 is 24.5 Å². The second kappa shape index (κ2) is 8.29. The molecular formula is C18H20N2O5S. The topological polar surface area (TPSA) is 100.0 Å². The maximum absolute atomic E-state index is 9.55. The highest BCUT2D eigenvalue weighted by molar-refractivity contribution is 7.20. The third-order valence-corrected chi connectivity index (χ3v) is 5.42. The van der Waals surface area contributed by atoms with Gasteiger partial charge in [-0.05, 0) is 44.0 Å². The third-order valence-electron chi connectivity index (χ3n) is 4.49. The number of hydrogen-bond acceptors (Lipinski definition) is 6. The van der Waals surface area contributed by atoms with E-state index in [4.69, 9.17) is 14.9 Å². The number of carboxylic acids is 2. The summed E-state index contributed by atoms with van der Waals surface area (Å²) in [5.74, 6) is -1.78. The summed E-state index contributed by atoms with van der Waals surface area (Å²) in [6.07, 6.45) is 4.04. The Hall–Kier alpha value is -2.45. The van der Waals surface area contributed by atoms with E-state index in [0.717, 1.165) is 23.2 Å². The first-order valence-corrected chi connectivity index (χ1v) is 9.21. The van der Waals surface area contributed by atoms with Gasteiger partial charge in [-0.25, -0.2) is 14.6 Å². The van der Waals surface area contributed by atoms with Gasteiger partial charge < -0.3 is 14.9 Å². The van der Waals surface area contributed by atoms with Gasteiger partial charge in [0.2, 0.25) is 0 Å². The molecule has 0 saturated carbocycles. The van der Waals surface area contributed by atoms with Crippen LogP contribution in [-0.2, 0) is 9.59 Å². The van der Waals surface area contributed by atoms with E-state index < -0.39 is 11.9 Å². The summed E-state index contributed by atoms with van der Waals surface area (Å²) in [6.45, 7) is 3.59. The van der Waals surface area contributed by atoms with E-state index in [1.54, 1.807) is 11.3 Å². The lowest BCUT2D eigenvalue weighted by Crippen LogP contribution is -2.52. The summed E-state index contributed by atoms with van der Waals surface area (Å²) in [7, 11) is 0. The molecule has 8 heteroatoms. The average Bonchev–Trinajstić information content (AvgIpc) is 3.04. The number of nitrogens with zero attached hydrogens (tertiary/aromatic N) is 2. The van der Waals surface area contributed by atoms with Crippen LogP contribution in [0.25, 0.3) is 10.2 Å². The molecule has 7 nitrogen and oxygen atoms in total. The Morgan fingerprint density at radius 2 is 1.81 bits per heavy atom. The molecule has 2 bridgehead atoms. The molecule has 3 aliphatic rings. The van der Waals surface area contributed by atoms with Crippen LogP contribution >= 0.6 is 11.3 Å². The van der Waals surface area contributed by atoms with Gasteiger partial charge in [-0.3, -0.25) is 4.90 Å². The van der Waals surface area contributed by atoms with Crippen molar-refractivity contribution in [1.82, 2.24) is 9.88 Å². The van der Waals surface area contributed by atoms with Gasteiger partial charge in [0.25, 0.3) is 5.19 Å². The lowest BCUT2D eigenvalue weighted by Gasteiger charge is -2.43. The standard InChI is InChI=1S/C14H16N2OS.C4H4O4/c1-2-4-13-11(3-1)15-14(18-13)17-12-9-16-7-5-10(12)6-8-16;5-3(6)1-2-4(7)8/h1-4,10,12H,5-9H2;1-2H,(H,5,6)(H,7,8)/b;2-1+.